The molecule has 0 bridgehead atoms. The Morgan fingerprint density at radius 1 is 1.43 bits per heavy atom. The van der Waals surface area contributed by atoms with Crippen LogP contribution in [0.4, 0.5) is 0 Å². The minimum Gasteiger partial charge on any atom is -0.0466 e. The van der Waals surface area contributed by atoms with Crippen molar-refractivity contribution >= 4 is 17.9 Å². The van der Waals surface area contributed by atoms with Crippen molar-refractivity contribution in [1.29, 1.82) is 0 Å². The zero-order chi connectivity index (χ0) is 5.33. The fourth-order valence-corrected chi connectivity index (χ4v) is 2.47. The van der Waals surface area contributed by atoms with Crippen LogP contribution in [0.2, 0.25) is 0 Å². The number of rotatable bonds is 0. The van der Waals surface area contributed by atoms with E-state index in [9.17, 15) is 0 Å². The zero-order valence-electron chi connectivity index (χ0n) is 4.39. The standard InChI is InChI=1S/C5H9ClP/c1-7(6)4-2-3-5-7/h2-3H,4-5H2,1H3/q+1. The maximum Gasteiger partial charge on any atom is 0.118 e. The second-order valence-corrected chi connectivity index (χ2v) is 7.81. The van der Waals surface area contributed by atoms with Gasteiger partial charge in [-0.1, -0.05) is 0 Å². The Kier molecular flexibility index (Phi) is 1.41. The van der Waals surface area contributed by atoms with Crippen LogP contribution in [0, 0.1) is 0 Å². The highest BCUT2D eigenvalue weighted by atomic mass is 35.7. The summed E-state index contributed by atoms with van der Waals surface area (Å²) in [4.78, 5) is 0. The highest BCUT2D eigenvalue weighted by Gasteiger charge is 2.29. The van der Waals surface area contributed by atoms with Crippen LogP contribution in [0.25, 0.3) is 0 Å². The summed E-state index contributed by atoms with van der Waals surface area (Å²) in [5, 5.41) is 0. The summed E-state index contributed by atoms with van der Waals surface area (Å²) in [5.41, 5.74) is 0. The van der Waals surface area contributed by atoms with E-state index in [4.69, 9.17) is 11.2 Å². The molecule has 1 aliphatic heterocycles. The molecule has 2 heteroatoms. The normalized spacial score (nSPS) is 26.0. The molecule has 0 aliphatic carbocycles. The molecule has 0 aromatic rings. The first-order chi connectivity index (χ1) is 3.21. The predicted octanol–water partition coefficient (Wildman–Crippen LogP) is 2.36. The van der Waals surface area contributed by atoms with Crippen molar-refractivity contribution in [3.05, 3.63) is 12.2 Å². The summed E-state index contributed by atoms with van der Waals surface area (Å²) >= 11 is 6.02. The number of hydrogen-bond donors (Lipinski definition) is 0. The van der Waals surface area contributed by atoms with Crippen LogP contribution in [-0.4, -0.2) is 19.0 Å². The third-order valence-electron chi connectivity index (χ3n) is 1.14. The molecule has 1 aliphatic rings. The quantitative estimate of drug-likeness (QED) is 0.353. The topological polar surface area (TPSA) is 0 Å². The van der Waals surface area contributed by atoms with Gasteiger partial charge in [-0.05, 0) is 12.2 Å². The zero-order valence-corrected chi connectivity index (χ0v) is 6.04. The van der Waals surface area contributed by atoms with Gasteiger partial charge in [0, 0.05) is 0 Å². The minimum atomic E-state index is -0.932. The molecule has 0 radical (unpaired) electrons. The van der Waals surface area contributed by atoms with E-state index in [0.717, 1.165) is 12.3 Å². The Balaban J connectivity index is 2.49. The van der Waals surface area contributed by atoms with Crippen LogP contribution < -0.4 is 0 Å². The molecule has 1 rings (SSSR count). The molecule has 1 heterocycles. The SMILES string of the molecule is C[P+]1(Cl)CC=CC1. The lowest BCUT2D eigenvalue weighted by molar-refractivity contribution is 1.78. The third-order valence-corrected chi connectivity index (χ3v) is 3.91. The van der Waals surface area contributed by atoms with Gasteiger partial charge in [0.25, 0.3) is 0 Å². The van der Waals surface area contributed by atoms with E-state index in [2.05, 4.69) is 18.8 Å². The molecular formula is C5H9ClP+. The summed E-state index contributed by atoms with van der Waals surface area (Å²) in [6.07, 6.45) is 6.66. The van der Waals surface area contributed by atoms with E-state index in [-0.39, 0.29) is 0 Å². The second kappa shape index (κ2) is 1.76. The molecule has 0 amide bonds. The largest absolute Gasteiger partial charge is 0.118 e. The van der Waals surface area contributed by atoms with Crippen LogP contribution >= 0.6 is 17.9 Å². The Bertz CT molecular complexity index is 86.3. The van der Waals surface area contributed by atoms with Crippen molar-refractivity contribution in [3.63, 3.8) is 0 Å². The molecule has 0 saturated heterocycles. The van der Waals surface area contributed by atoms with Crippen LogP contribution in [0.5, 0.6) is 0 Å². The summed E-state index contributed by atoms with van der Waals surface area (Å²) in [5.74, 6) is 0. The van der Waals surface area contributed by atoms with E-state index in [1.807, 2.05) is 0 Å². The molecule has 0 aromatic carbocycles. The van der Waals surface area contributed by atoms with Crippen LogP contribution in [0.1, 0.15) is 0 Å². The smallest absolute Gasteiger partial charge is 0.0466 e. The molecule has 0 nitrogen and oxygen atoms in total. The van der Waals surface area contributed by atoms with Crippen molar-refractivity contribution in [2.45, 2.75) is 0 Å². The predicted molar refractivity (Wildman–Crippen MR) is 37.6 cm³/mol. The molecule has 0 N–H and O–H groups in total. The Hall–Kier alpha value is 0.460. The van der Waals surface area contributed by atoms with Gasteiger partial charge in [-0.2, -0.15) is 0 Å². The molecule has 0 spiro atoms. The van der Waals surface area contributed by atoms with Crippen molar-refractivity contribution in [1.82, 2.24) is 0 Å². The fourth-order valence-electron chi connectivity index (χ4n) is 0.663. The number of hydrogen-bond acceptors (Lipinski definition) is 0. The minimum absolute atomic E-state index is 0.932. The second-order valence-electron chi connectivity index (χ2n) is 2.10. The van der Waals surface area contributed by atoms with Crippen LogP contribution in [0.3, 0.4) is 0 Å². The summed E-state index contributed by atoms with van der Waals surface area (Å²) < 4.78 is 0. The Labute approximate surface area is 49.7 Å². The highest BCUT2D eigenvalue weighted by Crippen LogP contribution is 2.62. The third kappa shape index (κ3) is 1.44. The summed E-state index contributed by atoms with van der Waals surface area (Å²) in [7, 11) is 0. The van der Waals surface area contributed by atoms with Crippen molar-refractivity contribution in [2.75, 3.05) is 19.0 Å². The summed E-state index contributed by atoms with van der Waals surface area (Å²) in [6, 6.07) is 0. The van der Waals surface area contributed by atoms with Gasteiger partial charge < -0.3 is 0 Å². The average Bonchev–Trinajstić information content (AvgIpc) is 1.84. The first kappa shape index (κ1) is 5.59. The van der Waals surface area contributed by atoms with Crippen molar-refractivity contribution in [3.8, 4) is 0 Å². The van der Waals surface area contributed by atoms with Gasteiger partial charge in [-0.3, -0.25) is 0 Å². The van der Waals surface area contributed by atoms with E-state index in [1.165, 1.54) is 0 Å². The van der Waals surface area contributed by atoms with E-state index >= 15 is 0 Å². The molecular weight excluding hydrogens is 126 g/mol. The maximum atomic E-state index is 6.02. The van der Waals surface area contributed by atoms with Gasteiger partial charge in [0.1, 0.15) is 6.62 Å². The molecule has 0 fully saturated rings. The van der Waals surface area contributed by atoms with Crippen LogP contribution in [-0.2, 0) is 0 Å². The van der Waals surface area contributed by atoms with Gasteiger partial charge >= 0.3 is 0 Å². The van der Waals surface area contributed by atoms with Gasteiger partial charge in [-0.25, -0.2) is 0 Å². The fraction of sp³-hybridized carbons (Fsp3) is 0.600. The van der Waals surface area contributed by atoms with Gasteiger partial charge in [0.05, 0.1) is 30.2 Å². The molecule has 0 unspecified atom stereocenters. The highest BCUT2D eigenvalue weighted by molar-refractivity contribution is 7.98. The Morgan fingerprint density at radius 2 is 1.86 bits per heavy atom. The lowest BCUT2D eigenvalue weighted by Gasteiger charge is -2.00. The first-order valence-corrected chi connectivity index (χ1v) is 5.91. The summed E-state index contributed by atoms with van der Waals surface area (Å²) in [6.45, 7) is 1.24. The average molecular weight is 136 g/mol. The maximum absolute atomic E-state index is 6.02. The van der Waals surface area contributed by atoms with E-state index in [1.54, 1.807) is 0 Å². The number of halogens is 1. The van der Waals surface area contributed by atoms with Crippen molar-refractivity contribution < 1.29 is 0 Å². The van der Waals surface area contributed by atoms with Gasteiger partial charge in [-0.15, -0.1) is 0 Å². The van der Waals surface area contributed by atoms with Gasteiger partial charge in [0.15, 0.2) is 0 Å². The molecule has 0 aromatic heterocycles. The van der Waals surface area contributed by atoms with Crippen LogP contribution in [0.15, 0.2) is 12.2 Å². The Morgan fingerprint density at radius 3 is 2.00 bits per heavy atom. The monoisotopic (exact) mass is 135 g/mol. The van der Waals surface area contributed by atoms with Crippen molar-refractivity contribution in [2.24, 2.45) is 0 Å². The van der Waals surface area contributed by atoms with E-state index < -0.39 is 6.62 Å². The molecule has 0 saturated carbocycles. The van der Waals surface area contributed by atoms with E-state index in [0.29, 0.717) is 0 Å². The lowest BCUT2D eigenvalue weighted by atomic mass is 10.6. The molecule has 40 valence electrons. The first-order valence-electron chi connectivity index (χ1n) is 2.40. The molecule has 0 atom stereocenters. The van der Waals surface area contributed by atoms with Gasteiger partial charge in [0.2, 0.25) is 0 Å². The molecule has 7 heavy (non-hydrogen) atoms. The number of allylic oxidation sites excluding steroid dienone is 2. The lowest BCUT2D eigenvalue weighted by Crippen LogP contribution is -1.80.